The van der Waals surface area contributed by atoms with Gasteiger partial charge < -0.3 is 10.6 Å². The zero-order chi connectivity index (χ0) is 23.7. The molecule has 3 N–H and O–H groups in total. The van der Waals surface area contributed by atoms with Crippen molar-refractivity contribution in [1.29, 1.82) is 0 Å². The van der Waals surface area contributed by atoms with Crippen LogP contribution in [-0.4, -0.2) is 58.5 Å². The highest BCUT2D eigenvalue weighted by molar-refractivity contribution is 6.30. The lowest BCUT2D eigenvalue weighted by atomic mass is 9.78. The van der Waals surface area contributed by atoms with Gasteiger partial charge >= 0.3 is 5.84 Å². The zero-order valence-corrected chi connectivity index (χ0v) is 19.0. The van der Waals surface area contributed by atoms with Gasteiger partial charge in [0.25, 0.3) is 5.96 Å². The van der Waals surface area contributed by atoms with Crippen molar-refractivity contribution in [1.82, 2.24) is 10.3 Å². The van der Waals surface area contributed by atoms with Gasteiger partial charge in [-0.25, -0.2) is 0 Å². The molecule has 5 aliphatic heterocycles. The Morgan fingerprint density at radius 2 is 1.94 bits per heavy atom. The first-order valence-corrected chi connectivity index (χ1v) is 11.3. The first kappa shape index (κ1) is 20.9. The number of amides is 3. The maximum absolute atomic E-state index is 12.5. The fraction of sp³-hybridized carbons (Fsp3) is 0.391. The number of hydrogen-bond donors (Lipinski definition) is 3. The van der Waals surface area contributed by atoms with Gasteiger partial charge in [-0.1, -0.05) is 19.9 Å². The number of guanidine groups is 1. The molecule has 1 aromatic carbocycles. The summed E-state index contributed by atoms with van der Waals surface area (Å²) >= 11 is 0. The number of imide groups is 1. The normalized spacial score (nSPS) is 31.2. The van der Waals surface area contributed by atoms with E-state index < -0.39 is 5.41 Å². The van der Waals surface area contributed by atoms with Gasteiger partial charge in [-0.15, -0.1) is 10.0 Å². The number of hydrogen-bond acceptors (Lipinski definition) is 8. The second kappa shape index (κ2) is 6.90. The minimum atomic E-state index is -0.729. The van der Waals surface area contributed by atoms with Crippen LogP contribution in [-0.2, 0) is 19.8 Å². The van der Waals surface area contributed by atoms with Gasteiger partial charge in [0.1, 0.15) is 6.21 Å². The first-order chi connectivity index (χ1) is 16.2. The number of carbonyl (C=O) groups is 3. The molecule has 0 aromatic heterocycles. The smallest absolute Gasteiger partial charge is 0.301 e. The van der Waals surface area contributed by atoms with Crippen molar-refractivity contribution >= 4 is 47.1 Å². The van der Waals surface area contributed by atoms with Crippen molar-refractivity contribution in [3.05, 3.63) is 36.2 Å². The molecule has 6 rings (SSSR count). The molecule has 174 valence electrons. The second-order valence-corrected chi connectivity index (χ2v) is 10.1. The summed E-state index contributed by atoms with van der Waals surface area (Å²) in [5.74, 6) is 0.535. The SMILES string of the molecule is CC1(C)CC(=O)Nc2cc(NC3=N[N+]4(N5CCC6(CC(=O)NC6=O)C5)C=CN=CC4=N3)ccc21. The maximum atomic E-state index is 12.5. The van der Waals surface area contributed by atoms with Crippen LogP contribution >= 0.6 is 0 Å². The van der Waals surface area contributed by atoms with Gasteiger partial charge in [-0.2, -0.15) is 0 Å². The number of fused-ring (bicyclic) bond motifs is 2. The van der Waals surface area contributed by atoms with Crippen LogP contribution in [0, 0.1) is 5.41 Å². The summed E-state index contributed by atoms with van der Waals surface area (Å²) in [7, 11) is 0. The largest absolute Gasteiger partial charge is 0.326 e. The number of benzene rings is 1. The Bertz CT molecular complexity index is 1280. The second-order valence-electron chi connectivity index (χ2n) is 10.1. The number of nitrogens with one attached hydrogen (secondary N) is 3. The van der Waals surface area contributed by atoms with E-state index in [2.05, 4.69) is 39.8 Å². The van der Waals surface area contributed by atoms with Crippen LogP contribution in [0.1, 0.15) is 38.7 Å². The lowest BCUT2D eigenvalue weighted by Crippen LogP contribution is -2.56. The van der Waals surface area contributed by atoms with E-state index in [1.807, 2.05) is 29.4 Å². The Balaban J connectivity index is 1.29. The average molecular weight is 462 g/mol. The van der Waals surface area contributed by atoms with E-state index in [1.54, 1.807) is 12.4 Å². The number of carbonyl (C=O) groups excluding carboxylic acids is 3. The molecule has 0 aliphatic carbocycles. The van der Waals surface area contributed by atoms with Crippen LogP contribution in [0.3, 0.4) is 0 Å². The number of anilines is 2. The monoisotopic (exact) mass is 461 g/mol. The van der Waals surface area contributed by atoms with Gasteiger partial charge in [0.05, 0.1) is 24.7 Å². The molecule has 5 aliphatic rings. The van der Waals surface area contributed by atoms with Crippen LogP contribution in [0.2, 0.25) is 0 Å². The van der Waals surface area contributed by atoms with E-state index in [0.29, 0.717) is 37.7 Å². The van der Waals surface area contributed by atoms with Gasteiger partial charge in [0, 0.05) is 29.6 Å². The number of quaternary nitrogens is 1. The molecule has 2 atom stereocenters. The average Bonchev–Trinajstić information content (AvgIpc) is 3.42. The number of nitrogens with zero attached hydrogens (tertiary/aromatic N) is 5. The Morgan fingerprint density at radius 1 is 1.12 bits per heavy atom. The summed E-state index contributed by atoms with van der Waals surface area (Å²) in [6.45, 7) is 5.08. The Hall–Kier alpha value is -3.70. The molecule has 0 bridgehead atoms. The van der Waals surface area contributed by atoms with Crippen LogP contribution < -0.4 is 16.0 Å². The summed E-state index contributed by atoms with van der Waals surface area (Å²) in [4.78, 5) is 45.4. The van der Waals surface area contributed by atoms with Crippen molar-refractivity contribution in [2.75, 3.05) is 23.7 Å². The summed E-state index contributed by atoms with van der Waals surface area (Å²) in [5.41, 5.74) is 1.64. The molecule has 2 fully saturated rings. The predicted molar refractivity (Wildman–Crippen MR) is 125 cm³/mol. The Kier molecular flexibility index (Phi) is 4.24. The minimum Gasteiger partial charge on any atom is -0.326 e. The molecule has 0 radical (unpaired) electrons. The van der Waals surface area contributed by atoms with Crippen molar-refractivity contribution in [3.63, 3.8) is 0 Å². The Morgan fingerprint density at radius 3 is 2.74 bits per heavy atom. The highest BCUT2D eigenvalue weighted by Crippen LogP contribution is 2.42. The highest BCUT2D eigenvalue weighted by atomic mass is 16.2. The Labute approximate surface area is 195 Å². The van der Waals surface area contributed by atoms with E-state index in [4.69, 9.17) is 5.10 Å². The van der Waals surface area contributed by atoms with Crippen molar-refractivity contribution < 1.29 is 19.1 Å². The molecule has 34 heavy (non-hydrogen) atoms. The predicted octanol–water partition coefficient (Wildman–Crippen LogP) is 1.43. The molecule has 11 nitrogen and oxygen atoms in total. The van der Waals surface area contributed by atoms with Crippen molar-refractivity contribution in [2.45, 2.75) is 38.5 Å². The van der Waals surface area contributed by atoms with Crippen LogP contribution in [0.5, 0.6) is 0 Å². The minimum absolute atomic E-state index is 0.00604. The standard InChI is InChI=1S/C23H24N8O3/c1-22(2)10-18(32)26-16-9-14(3-4-15(16)22)25-21-27-17-12-24-6-8-31(17,29-21)30-7-5-23(13-30)11-19(33)28-20(23)34/h3-4,6,8-9,12H,5,7,10-11,13H2,1-2H3,(H2-,25,26,28,29,32,33,34)/p+1. The third-order valence-corrected chi connectivity index (χ3v) is 7.24. The zero-order valence-electron chi connectivity index (χ0n) is 19.0. The summed E-state index contributed by atoms with van der Waals surface area (Å²) < 4.78 is -0.0379. The molecule has 2 saturated heterocycles. The molecular weight excluding hydrogens is 436 g/mol. The molecule has 11 heteroatoms. The maximum Gasteiger partial charge on any atom is 0.301 e. The van der Waals surface area contributed by atoms with E-state index >= 15 is 0 Å². The van der Waals surface area contributed by atoms with E-state index in [1.165, 1.54) is 0 Å². The lowest BCUT2D eigenvalue weighted by molar-refractivity contribution is -0.915. The molecule has 3 amide bonds. The van der Waals surface area contributed by atoms with E-state index in [9.17, 15) is 14.4 Å². The quantitative estimate of drug-likeness (QED) is 0.454. The molecular formula is C23H25N8O3+. The van der Waals surface area contributed by atoms with Gasteiger partial charge in [0.2, 0.25) is 17.7 Å². The van der Waals surface area contributed by atoms with Crippen molar-refractivity contribution in [3.8, 4) is 0 Å². The fourth-order valence-corrected chi connectivity index (χ4v) is 5.49. The lowest BCUT2D eigenvalue weighted by Gasteiger charge is -2.32. The number of amidine groups is 1. The summed E-state index contributed by atoms with van der Waals surface area (Å²) in [6, 6.07) is 5.85. The highest BCUT2D eigenvalue weighted by Gasteiger charge is 2.58. The van der Waals surface area contributed by atoms with Gasteiger partial charge in [0.15, 0.2) is 6.20 Å². The summed E-state index contributed by atoms with van der Waals surface area (Å²) in [6.07, 6.45) is 6.34. The van der Waals surface area contributed by atoms with Crippen LogP contribution in [0.25, 0.3) is 0 Å². The number of rotatable bonds is 2. The molecule has 0 saturated carbocycles. The van der Waals surface area contributed by atoms with Crippen LogP contribution in [0.15, 0.2) is 45.7 Å². The van der Waals surface area contributed by atoms with E-state index in [0.717, 1.165) is 16.9 Å². The van der Waals surface area contributed by atoms with Gasteiger partial charge in [-0.05, 0) is 33.9 Å². The third-order valence-electron chi connectivity index (χ3n) is 7.24. The molecule has 1 spiro atoms. The van der Waals surface area contributed by atoms with Crippen LogP contribution in [0.4, 0.5) is 11.4 Å². The van der Waals surface area contributed by atoms with Gasteiger partial charge in [-0.3, -0.25) is 24.7 Å². The fourth-order valence-electron chi connectivity index (χ4n) is 5.49. The topological polar surface area (TPSA) is 128 Å². The number of aliphatic imine (C=N–C) groups is 2. The van der Waals surface area contributed by atoms with E-state index in [-0.39, 0.29) is 34.3 Å². The molecule has 2 unspecified atom stereocenters. The molecule has 1 aromatic rings. The summed E-state index contributed by atoms with van der Waals surface area (Å²) in [5, 5.41) is 15.5. The third kappa shape index (κ3) is 3.04. The van der Waals surface area contributed by atoms with Crippen molar-refractivity contribution in [2.24, 2.45) is 20.5 Å². The molecule has 5 heterocycles. The first-order valence-electron chi connectivity index (χ1n) is 11.3.